The summed E-state index contributed by atoms with van der Waals surface area (Å²) < 4.78 is 13.4. The minimum absolute atomic E-state index is 0.352. The van der Waals surface area contributed by atoms with Crippen molar-refractivity contribution in [2.24, 2.45) is 0 Å². The minimum Gasteiger partial charge on any atom is -0.378 e. The van der Waals surface area contributed by atoms with Crippen molar-refractivity contribution in [1.82, 2.24) is 0 Å². The molecule has 84 valence electrons. The summed E-state index contributed by atoms with van der Waals surface area (Å²) in [7, 11) is 0. The van der Waals surface area contributed by atoms with E-state index in [0.29, 0.717) is 22.3 Å². The Bertz CT molecular complexity index is 498. The Morgan fingerprint density at radius 3 is 2.62 bits per heavy atom. The molecule has 16 heavy (non-hydrogen) atoms. The lowest BCUT2D eigenvalue weighted by Gasteiger charge is -2.06. The number of anilines is 1. The molecule has 0 saturated heterocycles. The van der Waals surface area contributed by atoms with E-state index in [9.17, 15) is 4.39 Å². The lowest BCUT2D eigenvalue weighted by Crippen LogP contribution is -1.99. The maximum absolute atomic E-state index is 13.4. The molecule has 0 radical (unpaired) electrons. The second kappa shape index (κ2) is 5.04. The molecule has 0 spiro atoms. The van der Waals surface area contributed by atoms with Crippen LogP contribution in [0.1, 0.15) is 4.88 Å². The highest BCUT2D eigenvalue weighted by atomic mass is 35.5. The highest BCUT2D eigenvalue weighted by molar-refractivity contribution is 7.10. The summed E-state index contributed by atoms with van der Waals surface area (Å²) in [5, 5.41) is 5.93. The first-order valence-electron chi connectivity index (χ1n) is 4.57. The average Bonchev–Trinajstić information content (AvgIpc) is 2.63. The quantitative estimate of drug-likeness (QED) is 0.848. The summed E-state index contributed by atoms with van der Waals surface area (Å²) in [6.45, 7) is 0.552. The molecule has 5 heteroatoms. The molecule has 0 saturated carbocycles. The van der Waals surface area contributed by atoms with E-state index in [1.807, 2.05) is 11.4 Å². The largest absolute Gasteiger partial charge is 0.378 e. The van der Waals surface area contributed by atoms with E-state index in [0.717, 1.165) is 4.88 Å². The van der Waals surface area contributed by atoms with Crippen molar-refractivity contribution in [3.05, 3.63) is 50.4 Å². The van der Waals surface area contributed by atoms with Crippen LogP contribution in [0.25, 0.3) is 0 Å². The average molecular weight is 276 g/mol. The highest BCUT2D eigenvalue weighted by Gasteiger charge is 2.03. The maximum atomic E-state index is 13.4. The number of nitrogens with one attached hydrogen (secondary N) is 1. The fourth-order valence-corrected chi connectivity index (χ4v) is 2.43. The van der Waals surface area contributed by atoms with Crippen LogP contribution >= 0.6 is 34.5 Å². The fraction of sp³-hybridized carbons (Fsp3) is 0.0909. The SMILES string of the molecule is Fc1cc(Cl)ccc1NCc1cc(Cl)cs1. The molecule has 1 heterocycles. The zero-order chi connectivity index (χ0) is 11.5. The van der Waals surface area contributed by atoms with Gasteiger partial charge in [0.15, 0.2) is 0 Å². The van der Waals surface area contributed by atoms with Crippen LogP contribution < -0.4 is 5.32 Å². The Morgan fingerprint density at radius 2 is 2.00 bits per heavy atom. The van der Waals surface area contributed by atoms with E-state index >= 15 is 0 Å². The normalized spacial score (nSPS) is 10.4. The summed E-state index contributed by atoms with van der Waals surface area (Å²) in [4.78, 5) is 1.05. The predicted molar refractivity (Wildman–Crippen MR) is 68.1 cm³/mol. The summed E-state index contributed by atoms with van der Waals surface area (Å²) >= 11 is 13.0. The van der Waals surface area contributed by atoms with Crippen molar-refractivity contribution in [2.75, 3.05) is 5.32 Å². The van der Waals surface area contributed by atoms with E-state index in [4.69, 9.17) is 23.2 Å². The first kappa shape index (κ1) is 11.7. The molecular formula is C11H8Cl2FNS. The third-order valence-electron chi connectivity index (χ3n) is 2.01. The predicted octanol–water partition coefficient (Wildman–Crippen LogP) is 4.81. The van der Waals surface area contributed by atoms with Crippen LogP contribution in [0.2, 0.25) is 10.0 Å². The third kappa shape index (κ3) is 2.88. The monoisotopic (exact) mass is 275 g/mol. The van der Waals surface area contributed by atoms with Crippen molar-refractivity contribution < 1.29 is 4.39 Å². The van der Waals surface area contributed by atoms with Crippen molar-refractivity contribution in [2.45, 2.75) is 6.54 Å². The van der Waals surface area contributed by atoms with Crippen LogP contribution in [0.5, 0.6) is 0 Å². The van der Waals surface area contributed by atoms with Gasteiger partial charge in [0.25, 0.3) is 0 Å². The molecule has 1 aromatic carbocycles. The molecule has 0 aliphatic heterocycles. The Labute approximate surface area is 107 Å². The van der Waals surface area contributed by atoms with Gasteiger partial charge in [0.05, 0.1) is 10.7 Å². The zero-order valence-corrected chi connectivity index (χ0v) is 10.5. The van der Waals surface area contributed by atoms with Crippen molar-refractivity contribution in [3.8, 4) is 0 Å². The molecule has 0 aliphatic rings. The van der Waals surface area contributed by atoms with Gasteiger partial charge in [-0.15, -0.1) is 11.3 Å². The summed E-state index contributed by atoms with van der Waals surface area (Å²) in [6.07, 6.45) is 0. The summed E-state index contributed by atoms with van der Waals surface area (Å²) in [5.74, 6) is -0.352. The van der Waals surface area contributed by atoms with Gasteiger partial charge in [-0.25, -0.2) is 4.39 Å². The van der Waals surface area contributed by atoms with Crippen LogP contribution in [0.3, 0.4) is 0 Å². The van der Waals surface area contributed by atoms with Gasteiger partial charge in [-0.1, -0.05) is 23.2 Å². The van der Waals surface area contributed by atoms with Gasteiger partial charge in [0.1, 0.15) is 5.82 Å². The minimum atomic E-state index is -0.352. The Hall–Kier alpha value is -0.770. The number of halogens is 3. The van der Waals surface area contributed by atoms with Crippen molar-refractivity contribution in [1.29, 1.82) is 0 Å². The molecule has 1 N–H and O–H groups in total. The van der Waals surface area contributed by atoms with E-state index in [-0.39, 0.29) is 5.82 Å². The number of rotatable bonds is 3. The lowest BCUT2D eigenvalue weighted by atomic mass is 10.3. The number of thiophene rings is 1. The summed E-state index contributed by atoms with van der Waals surface area (Å²) in [5.41, 5.74) is 0.439. The third-order valence-corrected chi connectivity index (χ3v) is 3.53. The molecular weight excluding hydrogens is 268 g/mol. The molecule has 2 rings (SSSR count). The second-order valence-corrected chi connectivity index (χ2v) is 5.08. The summed E-state index contributed by atoms with van der Waals surface area (Å²) in [6, 6.07) is 6.40. The Morgan fingerprint density at radius 1 is 1.19 bits per heavy atom. The zero-order valence-electron chi connectivity index (χ0n) is 8.14. The number of hydrogen-bond donors (Lipinski definition) is 1. The van der Waals surface area contributed by atoms with Crippen LogP contribution in [0, 0.1) is 5.82 Å². The van der Waals surface area contributed by atoms with Gasteiger partial charge < -0.3 is 5.32 Å². The molecule has 0 aliphatic carbocycles. The van der Waals surface area contributed by atoms with Gasteiger partial charge >= 0.3 is 0 Å². The molecule has 0 amide bonds. The van der Waals surface area contributed by atoms with E-state index in [1.165, 1.54) is 17.4 Å². The number of hydrogen-bond acceptors (Lipinski definition) is 2. The topological polar surface area (TPSA) is 12.0 Å². The molecule has 1 nitrogen and oxygen atoms in total. The number of benzene rings is 1. The van der Waals surface area contributed by atoms with Crippen LogP contribution in [0.4, 0.5) is 10.1 Å². The van der Waals surface area contributed by atoms with Gasteiger partial charge in [0.2, 0.25) is 0 Å². The van der Waals surface area contributed by atoms with E-state index < -0.39 is 0 Å². The molecule has 0 bridgehead atoms. The second-order valence-electron chi connectivity index (χ2n) is 3.21. The lowest BCUT2D eigenvalue weighted by molar-refractivity contribution is 0.630. The molecule has 2 aromatic rings. The van der Waals surface area contributed by atoms with E-state index in [2.05, 4.69) is 5.32 Å². The first-order chi connectivity index (χ1) is 7.65. The molecule has 0 atom stereocenters. The molecule has 1 aromatic heterocycles. The van der Waals surface area contributed by atoms with Crippen LogP contribution in [-0.4, -0.2) is 0 Å². The van der Waals surface area contributed by atoms with Crippen LogP contribution in [0.15, 0.2) is 29.6 Å². The first-order valence-corrected chi connectivity index (χ1v) is 6.20. The van der Waals surface area contributed by atoms with Gasteiger partial charge in [-0.2, -0.15) is 0 Å². The van der Waals surface area contributed by atoms with Gasteiger partial charge in [-0.05, 0) is 24.3 Å². The van der Waals surface area contributed by atoms with Gasteiger partial charge in [-0.3, -0.25) is 0 Å². The van der Waals surface area contributed by atoms with Crippen LogP contribution in [-0.2, 0) is 6.54 Å². The molecule has 0 unspecified atom stereocenters. The van der Waals surface area contributed by atoms with Crippen molar-refractivity contribution >= 4 is 40.2 Å². The maximum Gasteiger partial charge on any atom is 0.147 e. The standard InChI is InChI=1S/C11H8Cl2FNS/c12-7-1-2-11(10(14)4-7)15-5-9-3-8(13)6-16-9/h1-4,6,15H,5H2. The highest BCUT2D eigenvalue weighted by Crippen LogP contribution is 2.22. The van der Waals surface area contributed by atoms with E-state index in [1.54, 1.807) is 12.1 Å². The van der Waals surface area contributed by atoms with Gasteiger partial charge in [0, 0.05) is 21.8 Å². The Balaban J connectivity index is 2.04. The van der Waals surface area contributed by atoms with Crippen molar-refractivity contribution in [3.63, 3.8) is 0 Å². The smallest absolute Gasteiger partial charge is 0.147 e. The Kier molecular flexibility index (Phi) is 3.69. The molecule has 0 fully saturated rings. The fourth-order valence-electron chi connectivity index (χ4n) is 1.26.